The van der Waals surface area contributed by atoms with Gasteiger partial charge in [0, 0.05) is 18.3 Å². The Balaban J connectivity index is 2.52. The molecule has 0 radical (unpaired) electrons. The van der Waals surface area contributed by atoms with E-state index in [0.29, 0.717) is 23.9 Å². The Kier molecular flexibility index (Phi) is 3.46. The second-order valence-electron chi connectivity index (χ2n) is 5.14. The highest BCUT2D eigenvalue weighted by atomic mass is 16.4. The topological polar surface area (TPSA) is 68.3 Å². The van der Waals surface area contributed by atoms with E-state index in [1.54, 1.807) is 10.9 Å². The predicted molar refractivity (Wildman–Crippen MR) is 71.2 cm³/mol. The van der Waals surface area contributed by atoms with Crippen molar-refractivity contribution in [3.8, 4) is 11.3 Å². The van der Waals surface area contributed by atoms with Crippen molar-refractivity contribution in [3.05, 3.63) is 29.3 Å². The summed E-state index contributed by atoms with van der Waals surface area (Å²) >= 11 is 0. The number of rotatable bonds is 4. The molecule has 0 bridgehead atoms. The van der Waals surface area contributed by atoms with Crippen molar-refractivity contribution < 1.29 is 14.3 Å². The SMILES string of the molecule is Cc1cc(-c2nn(CC(C)C)cc2C(=O)O)c(C)o1. The molecule has 0 saturated carbocycles. The normalized spacial score (nSPS) is 11.2. The van der Waals surface area contributed by atoms with Crippen LogP contribution in [0.2, 0.25) is 0 Å². The molecule has 0 amide bonds. The standard InChI is InChI=1S/C14H18N2O3/c1-8(2)6-16-7-12(14(17)18)13(15-16)11-5-9(3)19-10(11)4/h5,7-8H,6H2,1-4H3,(H,17,18). The number of carboxylic acid groups (broad SMARTS) is 1. The van der Waals surface area contributed by atoms with E-state index < -0.39 is 5.97 Å². The molecule has 0 aliphatic rings. The van der Waals surface area contributed by atoms with Gasteiger partial charge in [-0.15, -0.1) is 0 Å². The number of furan rings is 1. The Morgan fingerprint density at radius 1 is 1.47 bits per heavy atom. The van der Waals surface area contributed by atoms with Gasteiger partial charge >= 0.3 is 5.97 Å². The maximum atomic E-state index is 11.3. The van der Waals surface area contributed by atoms with Gasteiger partial charge in [-0.2, -0.15) is 5.10 Å². The second-order valence-corrected chi connectivity index (χ2v) is 5.14. The van der Waals surface area contributed by atoms with Crippen molar-refractivity contribution in [2.45, 2.75) is 34.2 Å². The summed E-state index contributed by atoms with van der Waals surface area (Å²) in [7, 11) is 0. The molecule has 19 heavy (non-hydrogen) atoms. The molecule has 2 rings (SSSR count). The van der Waals surface area contributed by atoms with Gasteiger partial charge in [0.15, 0.2) is 0 Å². The Labute approximate surface area is 111 Å². The average Bonchev–Trinajstić information content (AvgIpc) is 2.81. The van der Waals surface area contributed by atoms with Crippen LogP contribution in [0.4, 0.5) is 0 Å². The quantitative estimate of drug-likeness (QED) is 0.919. The fourth-order valence-electron chi connectivity index (χ4n) is 2.11. The molecule has 5 nitrogen and oxygen atoms in total. The first kappa shape index (κ1) is 13.4. The summed E-state index contributed by atoms with van der Waals surface area (Å²) in [5, 5.41) is 13.7. The number of aromatic nitrogens is 2. The minimum absolute atomic E-state index is 0.213. The Bertz CT molecular complexity index is 608. The Morgan fingerprint density at radius 2 is 2.16 bits per heavy atom. The lowest BCUT2D eigenvalue weighted by Gasteiger charge is -2.03. The first-order chi connectivity index (χ1) is 8.88. The molecule has 0 aromatic carbocycles. The summed E-state index contributed by atoms with van der Waals surface area (Å²) in [5.41, 5.74) is 1.43. The van der Waals surface area contributed by atoms with E-state index in [1.807, 2.05) is 19.9 Å². The summed E-state index contributed by atoms with van der Waals surface area (Å²) in [6.45, 7) is 8.47. The zero-order valence-electron chi connectivity index (χ0n) is 11.6. The van der Waals surface area contributed by atoms with Crippen LogP contribution in [0.1, 0.15) is 35.7 Å². The minimum Gasteiger partial charge on any atom is -0.478 e. The summed E-state index contributed by atoms with van der Waals surface area (Å²) < 4.78 is 7.14. The van der Waals surface area contributed by atoms with Gasteiger partial charge in [0.25, 0.3) is 0 Å². The molecule has 2 aromatic heterocycles. The number of carboxylic acids is 1. The number of aryl methyl sites for hydroxylation is 2. The highest BCUT2D eigenvalue weighted by molar-refractivity contribution is 5.94. The molecule has 0 unspecified atom stereocenters. The first-order valence-electron chi connectivity index (χ1n) is 6.26. The summed E-state index contributed by atoms with van der Waals surface area (Å²) in [6, 6.07) is 1.82. The van der Waals surface area contributed by atoms with Crippen LogP contribution in [0, 0.1) is 19.8 Å². The van der Waals surface area contributed by atoms with Gasteiger partial charge in [-0.3, -0.25) is 4.68 Å². The third kappa shape index (κ3) is 2.70. The summed E-state index contributed by atoms with van der Waals surface area (Å²) in [6.07, 6.45) is 1.58. The second kappa shape index (κ2) is 4.91. The van der Waals surface area contributed by atoms with Crippen LogP contribution in [0.5, 0.6) is 0 Å². The maximum Gasteiger partial charge on any atom is 0.339 e. The predicted octanol–water partition coefficient (Wildman–Crippen LogP) is 3.11. The third-order valence-electron chi connectivity index (χ3n) is 2.84. The van der Waals surface area contributed by atoms with Crippen molar-refractivity contribution in [1.82, 2.24) is 9.78 Å². The Hall–Kier alpha value is -2.04. The fraction of sp³-hybridized carbons (Fsp3) is 0.429. The van der Waals surface area contributed by atoms with Gasteiger partial charge in [-0.05, 0) is 25.8 Å². The van der Waals surface area contributed by atoms with Gasteiger partial charge in [-0.25, -0.2) is 4.79 Å². The zero-order valence-corrected chi connectivity index (χ0v) is 11.6. The van der Waals surface area contributed by atoms with Gasteiger partial charge in [-0.1, -0.05) is 13.8 Å². The highest BCUT2D eigenvalue weighted by Crippen LogP contribution is 2.28. The number of carbonyl (C=O) groups is 1. The molecule has 0 aliphatic heterocycles. The van der Waals surface area contributed by atoms with Crippen molar-refractivity contribution in [3.63, 3.8) is 0 Å². The molecular formula is C14H18N2O3. The van der Waals surface area contributed by atoms with Crippen molar-refractivity contribution in [1.29, 1.82) is 0 Å². The monoisotopic (exact) mass is 262 g/mol. The lowest BCUT2D eigenvalue weighted by molar-refractivity contribution is 0.0697. The molecule has 1 N–H and O–H groups in total. The molecular weight excluding hydrogens is 244 g/mol. The summed E-state index contributed by atoms with van der Waals surface area (Å²) in [4.78, 5) is 11.3. The van der Waals surface area contributed by atoms with Crippen LogP contribution < -0.4 is 0 Å². The Morgan fingerprint density at radius 3 is 2.63 bits per heavy atom. The van der Waals surface area contributed by atoms with Crippen LogP contribution >= 0.6 is 0 Å². The van der Waals surface area contributed by atoms with E-state index >= 15 is 0 Å². The van der Waals surface area contributed by atoms with Crippen LogP contribution in [0.15, 0.2) is 16.7 Å². The van der Waals surface area contributed by atoms with E-state index in [0.717, 1.165) is 11.3 Å². The van der Waals surface area contributed by atoms with Gasteiger partial charge in [0.2, 0.25) is 0 Å². The largest absolute Gasteiger partial charge is 0.478 e. The van der Waals surface area contributed by atoms with Crippen LogP contribution in [-0.4, -0.2) is 20.9 Å². The molecule has 5 heteroatoms. The number of hydrogen-bond acceptors (Lipinski definition) is 3. The summed E-state index contributed by atoms with van der Waals surface area (Å²) in [5.74, 6) is 0.877. The van der Waals surface area contributed by atoms with Crippen LogP contribution in [0.25, 0.3) is 11.3 Å². The van der Waals surface area contributed by atoms with E-state index in [4.69, 9.17) is 4.42 Å². The fourth-order valence-corrected chi connectivity index (χ4v) is 2.11. The molecule has 0 saturated heterocycles. The molecule has 0 aliphatic carbocycles. The molecule has 0 atom stereocenters. The van der Waals surface area contributed by atoms with Gasteiger partial charge in [0.1, 0.15) is 22.8 Å². The van der Waals surface area contributed by atoms with E-state index in [1.165, 1.54) is 0 Å². The zero-order chi connectivity index (χ0) is 14.2. The van der Waals surface area contributed by atoms with Gasteiger partial charge in [0.05, 0.1) is 0 Å². The average molecular weight is 262 g/mol. The molecule has 0 spiro atoms. The highest BCUT2D eigenvalue weighted by Gasteiger charge is 2.20. The molecule has 0 fully saturated rings. The van der Waals surface area contributed by atoms with Crippen molar-refractivity contribution in [2.24, 2.45) is 5.92 Å². The minimum atomic E-state index is -0.969. The number of aromatic carboxylic acids is 1. The number of hydrogen-bond donors (Lipinski definition) is 1. The lowest BCUT2D eigenvalue weighted by atomic mass is 10.1. The van der Waals surface area contributed by atoms with E-state index in [2.05, 4.69) is 18.9 Å². The molecule has 102 valence electrons. The lowest BCUT2D eigenvalue weighted by Crippen LogP contribution is -2.04. The van der Waals surface area contributed by atoms with Crippen LogP contribution in [-0.2, 0) is 6.54 Å². The van der Waals surface area contributed by atoms with E-state index in [-0.39, 0.29) is 5.56 Å². The van der Waals surface area contributed by atoms with Gasteiger partial charge < -0.3 is 9.52 Å². The first-order valence-corrected chi connectivity index (χ1v) is 6.26. The smallest absolute Gasteiger partial charge is 0.339 e. The molecule has 2 aromatic rings. The van der Waals surface area contributed by atoms with Crippen LogP contribution in [0.3, 0.4) is 0 Å². The third-order valence-corrected chi connectivity index (χ3v) is 2.84. The van der Waals surface area contributed by atoms with E-state index in [9.17, 15) is 9.90 Å². The number of nitrogens with zero attached hydrogens (tertiary/aromatic N) is 2. The molecule has 2 heterocycles. The van der Waals surface area contributed by atoms with Crippen molar-refractivity contribution >= 4 is 5.97 Å². The maximum absolute atomic E-state index is 11.3. The van der Waals surface area contributed by atoms with Crippen molar-refractivity contribution in [2.75, 3.05) is 0 Å².